The van der Waals surface area contributed by atoms with Gasteiger partial charge in [0.2, 0.25) is 0 Å². The van der Waals surface area contributed by atoms with Crippen LogP contribution in [0.4, 0.5) is 0 Å². The van der Waals surface area contributed by atoms with Gasteiger partial charge in [-0.2, -0.15) is 0 Å². The Balaban J connectivity index is 2.24. The van der Waals surface area contributed by atoms with E-state index < -0.39 is 0 Å². The average molecular weight is 226 g/mol. The maximum absolute atomic E-state index is 7.39. The summed E-state index contributed by atoms with van der Waals surface area (Å²) in [5.74, 6) is 1.25. The Hall–Kier alpha value is -0.610. The lowest BCUT2D eigenvalue weighted by Gasteiger charge is -2.36. The number of nitrogens with two attached hydrogens (primary N) is 1. The molecule has 4 nitrogen and oxygen atoms in total. The quantitative estimate of drug-likeness (QED) is 0.539. The van der Waals surface area contributed by atoms with Crippen LogP contribution in [0.1, 0.15) is 20.8 Å². The van der Waals surface area contributed by atoms with Crippen molar-refractivity contribution in [2.45, 2.75) is 20.8 Å². The van der Waals surface area contributed by atoms with Gasteiger partial charge in [0, 0.05) is 45.2 Å². The Morgan fingerprint density at radius 3 is 1.88 bits per heavy atom. The second-order valence-corrected chi connectivity index (χ2v) is 5.35. The number of rotatable bonds is 5. The molecule has 16 heavy (non-hydrogen) atoms. The van der Waals surface area contributed by atoms with Crippen LogP contribution >= 0.6 is 0 Å². The maximum atomic E-state index is 7.39. The largest absolute Gasteiger partial charge is 0.387 e. The minimum atomic E-state index is 0.191. The Bertz CT molecular complexity index is 219. The third kappa shape index (κ3) is 4.49. The van der Waals surface area contributed by atoms with Crippen LogP contribution in [0.25, 0.3) is 0 Å². The predicted octanol–water partition coefficient (Wildman–Crippen LogP) is 0.832. The maximum Gasteiger partial charge on any atom is 0.0947 e. The zero-order chi connectivity index (χ0) is 12.1. The highest BCUT2D eigenvalue weighted by atomic mass is 15.3. The van der Waals surface area contributed by atoms with Crippen molar-refractivity contribution >= 4 is 5.84 Å². The van der Waals surface area contributed by atoms with Crippen LogP contribution in [0, 0.1) is 17.2 Å². The summed E-state index contributed by atoms with van der Waals surface area (Å²) in [6.07, 6.45) is 0. The molecule has 0 aromatic carbocycles. The van der Waals surface area contributed by atoms with E-state index in [1.165, 1.54) is 6.54 Å². The Labute approximate surface area is 99.3 Å². The van der Waals surface area contributed by atoms with Crippen LogP contribution in [0.15, 0.2) is 0 Å². The smallest absolute Gasteiger partial charge is 0.0947 e. The van der Waals surface area contributed by atoms with Crippen LogP contribution in [0.5, 0.6) is 0 Å². The van der Waals surface area contributed by atoms with Gasteiger partial charge in [-0.05, 0) is 5.92 Å². The van der Waals surface area contributed by atoms with E-state index in [1.54, 1.807) is 0 Å². The van der Waals surface area contributed by atoms with Crippen molar-refractivity contribution in [2.24, 2.45) is 17.6 Å². The zero-order valence-electron chi connectivity index (χ0n) is 10.9. The van der Waals surface area contributed by atoms with E-state index in [9.17, 15) is 0 Å². The number of hydrogen-bond donors (Lipinski definition) is 2. The second-order valence-electron chi connectivity index (χ2n) is 5.35. The lowest BCUT2D eigenvalue weighted by atomic mass is 10.1. The normalized spacial score (nSPS) is 21.2. The second kappa shape index (κ2) is 6.21. The molecule has 0 radical (unpaired) electrons. The van der Waals surface area contributed by atoms with Gasteiger partial charge >= 0.3 is 0 Å². The van der Waals surface area contributed by atoms with Crippen LogP contribution < -0.4 is 5.73 Å². The molecule has 0 saturated carbocycles. The van der Waals surface area contributed by atoms with E-state index in [0.29, 0.717) is 5.84 Å². The number of amidine groups is 1. The molecule has 0 aromatic heterocycles. The molecule has 1 aliphatic rings. The summed E-state index contributed by atoms with van der Waals surface area (Å²) in [5, 5.41) is 7.39. The van der Waals surface area contributed by atoms with Gasteiger partial charge in [0.1, 0.15) is 0 Å². The third-order valence-corrected chi connectivity index (χ3v) is 3.15. The summed E-state index contributed by atoms with van der Waals surface area (Å²) in [7, 11) is 0. The molecule has 1 atom stereocenters. The van der Waals surface area contributed by atoms with Gasteiger partial charge in [0.25, 0.3) is 0 Å². The van der Waals surface area contributed by atoms with Crippen LogP contribution in [0.3, 0.4) is 0 Å². The van der Waals surface area contributed by atoms with Crippen LogP contribution in [-0.4, -0.2) is 54.9 Å². The molecular weight excluding hydrogens is 200 g/mol. The van der Waals surface area contributed by atoms with Gasteiger partial charge in [-0.3, -0.25) is 5.41 Å². The van der Waals surface area contributed by atoms with E-state index in [-0.39, 0.29) is 5.92 Å². The fraction of sp³-hybridized carbons (Fsp3) is 0.917. The van der Waals surface area contributed by atoms with E-state index >= 15 is 0 Å². The molecule has 1 fully saturated rings. The highest BCUT2D eigenvalue weighted by Crippen LogP contribution is 2.07. The van der Waals surface area contributed by atoms with Gasteiger partial charge < -0.3 is 15.5 Å². The Morgan fingerprint density at radius 1 is 1.06 bits per heavy atom. The van der Waals surface area contributed by atoms with Gasteiger partial charge in [0.15, 0.2) is 0 Å². The van der Waals surface area contributed by atoms with Crippen molar-refractivity contribution in [2.75, 3.05) is 39.3 Å². The molecule has 0 bridgehead atoms. The van der Waals surface area contributed by atoms with Crippen molar-refractivity contribution in [1.29, 1.82) is 5.41 Å². The number of piperazine rings is 1. The molecule has 0 aromatic rings. The predicted molar refractivity (Wildman–Crippen MR) is 68.8 cm³/mol. The average Bonchev–Trinajstić information content (AvgIpc) is 2.20. The Morgan fingerprint density at radius 2 is 1.50 bits per heavy atom. The van der Waals surface area contributed by atoms with Gasteiger partial charge in [-0.25, -0.2) is 0 Å². The van der Waals surface area contributed by atoms with Gasteiger partial charge in [0.05, 0.1) is 5.84 Å². The molecule has 0 amide bonds. The molecule has 1 heterocycles. The van der Waals surface area contributed by atoms with E-state index in [1.807, 2.05) is 6.92 Å². The molecular formula is C12H26N4. The topological polar surface area (TPSA) is 56.4 Å². The molecule has 0 aliphatic carbocycles. The minimum absolute atomic E-state index is 0.191. The van der Waals surface area contributed by atoms with Gasteiger partial charge in [-0.1, -0.05) is 20.8 Å². The van der Waals surface area contributed by atoms with E-state index in [2.05, 4.69) is 23.6 Å². The number of nitrogens with one attached hydrogen (secondary N) is 1. The number of nitrogens with zero attached hydrogens (tertiary/aromatic N) is 2. The molecule has 1 aliphatic heterocycles. The highest BCUT2D eigenvalue weighted by Gasteiger charge is 2.19. The van der Waals surface area contributed by atoms with Crippen molar-refractivity contribution < 1.29 is 0 Å². The van der Waals surface area contributed by atoms with E-state index in [4.69, 9.17) is 11.1 Å². The van der Waals surface area contributed by atoms with Crippen molar-refractivity contribution in [1.82, 2.24) is 9.80 Å². The monoisotopic (exact) mass is 226 g/mol. The Kier molecular flexibility index (Phi) is 5.22. The molecule has 94 valence electrons. The lowest BCUT2D eigenvalue weighted by molar-refractivity contribution is 0.117. The molecule has 4 heteroatoms. The minimum Gasteiger partial charge on any atom is -0.387 e. The van der Waals surface area contributed by atoms with Crippen LogP contribution in [-0.2, 0) is 0 Å². The molecule has 1 saturated heterocycles. The summed E-state index contributed by atoms with van der Waals surface area (Å²) in [6.45, 7) is 13.2. The number of hydrogen-bond acceptors (Lipinski definition) is 3. The molecule has 0 spiro atoms. The first-order chi connectivity index (χ1) is 7.49. The summed E-state index contributed by atoms with van der Waals surface area (Å²) in [6, 6.07) is 0. The first kappa shape index (κ1) is 13.5. The lowest BCUT2D eigenvalue weighted by Crippen LogP contribution is -2.49. The molecule has 1 unspecified atom stereocenters. The zero-order valence-corrected chi connectivity index (χ0v) is 10.9. The van der Waals surface area contributed by atoms with Crippen molar-refractivity contribution in [3.63, 3.8) is 0 Å². The van der Waals surface area contributed by atoms with E-state index in [0.717, 1.165) is 38.6 Å². The first-order valence-corrected chi connectivity index (χ1v) is 6.27. The fourth-order valence-corrected chi connectivity index (χ4v) is 2.16. The third-order valence-electron chi connectivity index (χ3n) is 3.15. The SMILES string of the molecule is CC(C)CN1CCN(CC(C)C(=N)N)CC1. The molecule has 1 rings (SSSR count). The van der Waals surface area contributed by atoms with Crippen molar-refractivity contribution in [3.8, 4) is 0 Å². The standard InChI is InChI=1S/C12H26N4/c1-10(2)8-15-4-6-16(7-5-15)9-11(3)12(13)14/h10-11H,4-9H2,1-3H3,(H3,13,14). The van der Waals surface area contributed by atoms with Crippen molar-refractivity contribution in [3.05, 3.63) is 0 Å². The fourth-order valence-electron chi connectivity index (χ4n) is 2.16. The molecule has 3 N–H and O–H groups in total. The summed E-state index contributed by atoms with van der Waals surface area (Å²) < 4.78 is 0. The highest BCUT2D eigenvalue weighted by molar-refractivity contribution is 5.79. The van der Waals surface area contributed by atoms with Gasteiger partial charge in [-0.15, -0.1) is 0 Å². The van der Waals surface area contributed by atoms with Crippen LogP contribution in [0.2, 0.25) is 0 Å². The summed E-state index contributed by atoms with van der Waals surface area (Å²) in [5.41, 5.74) is 5.49. The first-order valence-electron chi connectivity index (χ1n) is 6.27. The summed E-state index contributed by atoms with van der Waals surface area (Å²) in [4.78, 5) is 4.95. The summed E-state index contributed by atoms with van der Waals surface area (Å²) >= 11 is 0.